The van der Waals surface area contributed by atoms with Crippen molar-refractivity contribution < 1.29 is 19.4 Å². The summed E-state index contributed by atoms with van der Waals surface area (Å²) in [5, 5.41) is 24.7. The summed E-state index contributed by atoms with van der Waals surface area (Å²) in [6.07, 6.45) is 22.8. The van der Waals surface area contributed by atoms with Crippen LogP contribution in [-0.2, 0) is 6.42 Å². The van der Waals surface area contributed by atoms with Crippen LogP contribution >= 0.6 is 0 Å². The number of benzene rings is 1. The van der Waals surface area contributed by atoms with E-state index >= 15 is 0 Å². The number of hydrogen-bond donors (Lipinski definition) is 3. The van der Waals surface area contributed by atoms with Gasteiger partial charge in [0.25, 0.3) is 5.91 Å². The smallest absolute Gasteiger partial charge is 0.251 e. The average Bonchev–Trinajstić information content (AvgIpc) is 3.06. The molecular formula is C41H54FNO3. The Kier molecular flexibility index (Phi) is 15.5. The zero-order valence-corrected chi connectivity index (χ0v) is 28.4. The predicted octanol–water partition coefficient (Wildman–Crippen LogP) is 7.77. The van der Waals surface area contributed by atoms with Gasteiger partial charge in [-0.1, -0.05) is 74.8 Å². The quantitative estimate of drug-likeness (QED) is 0.164. The van der Waals surface area contributed by atoms with Gasteiger partial charge in [-0.05, 0) is 123 Å². The summed E-state index contributed by atoms with van der Waals surface area (Å²) in [6, 6.07) is 3.79. The molecule has 1 aromatic rings. The lowest BCUT2D eigenvalue weighted by molar-refractivity contribution is 0.0943. The Morgan fingerprint density at radius 1 is 1.09 bits per heavy atom. The summed E-state index contributed by atoms with van der Waals surface area (Å²) in [4.78, 5) is 12.6. The highest BCUT2D eigenvalue weighted by Crippen LogP contribution is 2.32. The van der Waals surface area contributed by atoms with Gasteiger partial charge in [0.1, 0.15) is 5.83 Å². The van der Waals surface area contributed by atoms with Crippen molar-refractivity contribution in [2.45, 2.75) is 104 Å². The number of amides is 1. The third kappa shape index (κ3) is 11.1. The fourth-order valence-electron chi connectivity index (χ4n) is 6.47. The van der Waals surface area contributed by atoms with E-state index in [9.17, 15) is 14.3 Å². The van der Waals surface area contributed by atoms with E-state index in [2.05, 4.69) is 43.6 Å². The SMILES string of the molecule is C=C(CC=C=c1ccc(C(=O)NCCO)c(CC)c1=CC)CC(CCC)CCC(C)=CC(O)C1=CC=C(C2=CC=C(F)CC2)CC1. The highest BCUT2D eigenvalue weighted by molar-refractivity contribution is 5.95. The Bertz CT molecular complexity index is 1550. The molecule has 3 N–H and O–H groups in total. The molecule has 2 aliphatic rings. The molecule has 2 atom stereocenters. The third-order valence-electron chi connectivity index (χ3n) is 9.03. The molecule has 2 aliphatic carbocycles. The molecule has 0 saturated carbocycles. The van der Waals surface area contributed by atoms with Gasteiger partial charge < -0.3 is 15.5 Å². The number of carbonyl (C=O) groups is 1. The van der Waals surface area contributed by atoms with E-state index in [1.54, 1.807) is 6.08 Å². The van der Waals surface area contributed by atoms with Gasteiger partial charge in [-0.2, -0.15) is 0 Å². The first-order valence-electron chi connectivity index (χ1n) is 17.1. The van der Waals surface area contributed by atoms with Crippen molar-refractivity contribution >= 4 is 17.7 Å². The van der Waals surface area contributed by atoms with E-state index in [1.165, 1.54) is 22.3 Å². The van der Waals surface area contributed by atoms with Crippen molar-refractivity contribution in [2.75, 3.05) is 13.2 Å². The zero-order valence-electron chi connectivity index (χ0n) is 28.4. The van der Waals surface area contributed by atoms with Crippen LogP contribution in [0.25, 0.3) is 11.8 Å². The standard InChI is InChI=1S/C41H54FNO3/c1-6-10-31(14-13-30(5)28-40(45)35-17-15-32(16-18-35)33-19-22-36(42)23-20-33)27-29(4)11-9-12-34-21-24-39(41(46)43-25-26-44)38(8-3)37(34)7-2/h7,9,15,17,19,21-22,24,28,31,40,44-45H,4,6,8,10-11,13-14,16,18,20,23,25-27H2,1-3,5H3,(H,43,46). The lowest BCUT2D eigenvalue weighted by atomic mass is 9.86. The fourth-order valence-corrected chi connectivity index (χ4v) is 6.47. The summed E-state index contributed by atoms with van der Waals surface area (Å²) in [5.74, 6) is 0.323. The maximum absolute atomic E-state index is 13.4. The lowest BCUT2D eigenvalue weighted by Crippen LogP contribution is -2.34. The highest BCUT2D eigenvalue weighted by Gasteiger charge is 2.17. The van der Waals surface area contributed by atoms with E-state index in [4.69, 9.17) is 5.11 Å². The second-order valence-corrected chi connectivity index (χ2v) is 12.6. The summed E-state index contributed by atoms with van der Waals surface area (Å²) < 4.78 is 13.4. The Labute approximate surface area is 275 Å². The summed E-state index contributed by atoms with van der Waals surface area (Å²) >= 11 is 0. The van der Waals surface area contributed by atoms with Crippen LogP contribution in [0.1, 0.15) is 108 Å². The third-order valence-corrected chi connectivity index (χ3v) is 9.03. The zero-order chi connectivity index (χ0) is 33.5. The summed E-state index contributed by atoms with van der Waals surface area (Å²) in [7, 11) is 0. The molecule has 248 valence electrons. The molecule has 0 saturated heterocycles. The molecule has 0 fully saturated rings. The van der Waals surface area contributed by atoms with Crippen LogP contribution < -0.4 is 15.8 Å². The van der Waals surface area contributed by atoms with Crippen LogP contribution in [0.2, 0.25) is 0 Å². The minimum absolute atomic E-state index is 0.0502. The van der Waals surface area contributed by atoms with Crippen molar-refractivity contribution in [2.24, 2.45) is 5.92 Å². The number of allylic oxidation sites excluding steroid dienone is 10. The Hall–Kier alpha value is -3.50. The van der Waals surface area contributed by atoms with Crippen molar-refractivity contribution in [3.8, 4) is 0 Å². The molecule has 1 aromatic carbocycles. The second kappa shape index (κ2) is 19.2. The molecule has 2 unspecified atom stereocenters. The molecule has 4 nitrogen and oxygen atoms in total. The molecule has 0 aliphatic heterocycles. The molecular weight excluding hydrogens is 573 g/mol. The average molecular weight is 628 g/mol. The Morgan fingerprint density at radius 3 is 2.43 bits per heavy atom. The van der Waals surface area contributed by atoms with Gasteiger partial charge >= 0.3 is 0 Å². The van der Waals surface area contributed by atoms with Gasteiger partial charge in [0, 0.05) is 23.7 Å². The number of rotatable bonds is 16. The van der Waals surface area contributed by atoms with Gasteiger partial charge in [0.2, 0.25) is 0 Å². The molecule has 5 heteroatoms. The fraction of sp³-hybridized carbons (Fsp3) is 0.463. The van der Waals surface area contributed by atoms with Crippen LogP contribution in [0.3, 0.4) is 0 Å². The lowest BCUT2D eigenvalue weighted by Gasteiger charge is -2.21. The second-order valence-electron chi connectivity index (χ2n) is 12.6. The van der Waals surface area contributed by atoms with E-state index in [0.717, 1.165) is 85.8 Å². The minimum atomic E-state index is -0.571. The van der Waals surface area contributed by atoms with Crippen LogP contribution in [0, 0.1) is 5.92 Å². The van der Waals surface area contributed by atoms with Crippen LogP contribution in [-0.4, -0.2) is 35.4 Å². The number of aliphatic hydroxyl groups is 2. The molecule has 0 aromatic heterocycles. The van der Waals surface area contributed by atoms with Gasteiger partial charge in [-0.25, -0.2) is 4.39 Å². The van der Waals surface area contributed by atoms with E-state index in [-0.39, 0.29) is 24.9 Å². The first kappa shape index (κ1) is 37.0. The van der Waals surface area contributed by atoms with Crippen molar-refractivity contribution in [1.82, 2.24) is 5.32 Å². The maximum Gasteiger partial charge on any atom is 0.251 e. The Morgan fingerprint density at radius 2 is 1.83 bits per heavy atom. The summed E-state index contributed by atoms with van der Waals surface area (Å²) in [5.41, 5.74) is 11.0. The normalized spacial score (nSPS) is 16.8. The monoisotopic (exact) mass is 627 g/mol. The van der Waals surface area contributed by atoms with Crippen LogP contribution in [0.5, 0.6) is 0 Å². The first-order valence-corrected chi connectivity index (χ1v) is 17.1. The van der Waals surface area contributed by atoms with Crippen molar-refractivity contribution in [1.29, 1.82) is 0 Å². The van der Waals surface area contributed by atoms with E-state index in [1.807, 2.05) is 50.3 Å². The largest absolute Gasteiger partial charge is 0.395 e. The van der Waals surface area contributed by atoms with Crippen LogP contribution in [0.15, 0.2) is 88.9 Å². The van der Waals surface area contributed by atoms with Gasteiger partial charge in [-0.3, -0.25) is 4.79 Å². The number of carbonyl (C=O) groups excluding carboxylic acids is 1. The Balaban J connectivity index is 1.60. The van der Waals surface area contributed by atoms with Crippen molar-refractivity contribution in [3.63, 3.8) is 0 Å². The van der Waals surface area contributed by atoms with E-state index < -0.39 is 6.10 Å². The molecule has 0 spiro atoms. The molecule has 1 amide bonds. The van der Waals surface area contributed by atoms with Gasteiger partial charge in [0.05, 0.1) is 12.7 Å². The molecule has 46 heavy (non-hydrogen) atoms. The first-order chi connectivity index (χ1) is 22.2. The number of nitrogens with one attached hydrogen (secondary N) is 1. The predicted molar refractivity (Wildman–Crippen MR) is 190 cm³/mol. The molecule has 0 radical (unpaired) electrons. The van der Waals surface area contributed by atoms with Crippen LogP contribution in [0.4, 0.5) is 4.39 Å². The van der Waals surface area contributed by atoms with Crippen molar-refractivity contribution in [3.05, 3.63) is 110 Å². The molecule has 3 rings (SSSR count). The topological polar surface area (TPSA) is 69.6 Å². The number of hydrogen-bond acceptors (Lipinski definition) is 3. The number of halogens is 1. The minimum Gasteiger partial charge on any atom is -0.395 e. The molecule has 0 heterocycles. The van der Waals surface area contributed by atoms with Gasteiger partial charge in [-0.15, -0.1) is 5.73 Å². The van der Waals surface area contributed by atoms with Gasteiger partial charge in [0.15, 0.2) is 0 Å². The highest BCUT2D eigenvalue weighted by atomic mass is 19.1. The number of aliphatic hydroxyl groups excluding tert-OH is 2. The maximum atomic E-state index is 13.4. The summed E-state index contributed by atoms with van der Waals surface area (Å²) in [6.45, 7) is 12.9. The van der Waals surface area contributed by atoms with E-state index in [0.29, 0.717) is 17.9 Å². The molecule has 0 bridgehead atoms.